The van der Waals surface area contributed by atoms with Crippen molar-refractivity contribution < 1.29 is 18.0 Å². The number of H-pyrrole nitrogens is 1. The number of fused-ring (bicyclic) bond motifs is 1. The van der Waals surface area contributed by atoms with Crippen LogP contribution in [0.3, 0.4) is 0 Å². The van der Waals surface area contributed by atoms with Gasteiger partial charge in [-0.3, -0.25) is 5.10 Å². The van der Waals surface area contributed by atoms with E-state index in [2.05, 4.69) is 15.3 Å². The first kappa shape index (κ1) is 19.8. The third kappa shape index (κ3) is 3.37. The molecule has 0 bridgehead atoms. The van der Waals surface area contributed by atoms with E-state index in [-0.39, 0.29) is 35.6 Å². The predicted octanol–water partition coefficient (Wildman–Crippen LogP) is 4.10. The van der Waals surface area contributed by atoms with E-state index in [9.17, 15) is 18.0 Å². The number of urea groups is 1. The van der Waals surface area contributed by atoms with Crippen molar-refractivity contribution in [3.8, 4) is 6.07 Å². The number of nitriles is 1. The van der Waals surface area contributed by atoms with Gasteiger partial charge >= 0.3 is 6.03 Å². The van der Waals surface area contributed by atoms with Crippen LogP contribution in [-0.2, 0) is 0 Å². The molecule has 1 fully saturated rings. The number of aromatic nitrogens is 2. The van der Waals surface area contributed by atoms with E-state index in [1.165, 1.54) is 22.0 Å². The van der Waals surface area contributed by atoms with Gasteiger partial charge in [0.25, 0.3) is 0 Å². The number of rotatable bonds is 2. The number of halogens is 3. The lowest BCUT2D eigenvalue weighted by atomic mass is 10.0. The Morgan fingerprint density at radius 1 is 1.19 bits per heavy atom. The zero-order chi connectivity index (χ0) is 22.4. The summed E-state index contributed by atoms with van der Waals surface area (Å²) < 4.78 is 41.7. The van der Waals surface area contributed by atoms with Crippen molar-refractivity contribution in [3.63, 3.8) is 0 Å². The Labute approximate surface area is 180 Å². The minimum absolute atomic E-state index is 0.0740. The van der Waals surface area contributed by atoms with Crippen LogP contribution < -0.4 is 0 Å². The van der Waals surface area contributed by atoms with Crippen LogP contribution >= 0.6 is 0 Å². The monoisotopic (exact) mass is 436 g/mol. The number of carbonyl (C=O) groups excluding carboxylic acids is 1. The maximum Gasteiger partial charge on any atom is 0.341 e. The van der Waals surface area contributed by atoms with Gasteiger partial charge in [-0.1, -0.05) is 0 Å². The van der Waals surface area contributed by atoms with Crippen molar-refractivity contribution in [2.45, 2.75) is 12.5 Å². The van der Waals surface area contributed by atoms with Gasteiger partial charge in [-0.15, -0.1) is 0 Å². The van der Waals surface area contributed by atoms with E-state index in [1.807, 2.05) is 6.07 Å². The van der Waals surface area contributed by atoms with E-state index < -0.39 is 23.6 Å². The molecule has 0 aliphatic carbocycles. The summed E-state index contributed by atoms with van der Waals surface area (Å²) in [4.78, 5) is 14.4. The summed E-state index contributed by atoms with van der Waals surface area (Å²) in [6.45, 7) is 0.549. The highest BCUT2D eigenvalue weighted by molar-refractivity contribution is 5.83. The topological polar surface area (TPSA) is 88.4 Å². The number of hydrogen-bond acceptors (Lipinski definition) is 4. The van der Waals surface area contributed by atoms with Crippen molar-refractivity contribution in [1.82, 2.24) is 20.1 Å². The molecular weight excluding hydrogens is 421 g/mol. The van der Waals surface area contributed by atoms with Gasteiger partial charge in [-0.25, -0.2) is 18.6 Å². The highest BCUT2D eigenvalue weighted by Gasteiger charge is 2.35. The molecule has 0 spiro atoms. The van der Waals surface area contributed by atoms with Crippen LogP contribution in [0.1, 0.15) is 29.2 Å². The van der Waals surface area contributed by atoms with Crippen molar-refractivity contribution >= 4 is 29.2 Å². The largest absolute Gasteiger partial charge is 0.341 e. The van der Waals surface area contributed by atoms with Gasteiger partial charge in [0.15, 0.2) is 0 Å². The first-order valence-corrected chi connectivity index (χ1v) is 9.76. The maximum absolute atomic E-state index is 14.3. The molecule has 1 aromatic heterocycles. The lowest BCUT2D eigenvalue weighted by Crippen LogP contribution is -2.49. The highest BCUT2D eigenvalue weighted by Crippen LogP contribution is 2.32. The number of hydrogen-bond donors (Lipinski definition) is 1. The number of benzene rings is 2. The Morgan fingerprint density at radius 2 is 2.00 bits per heavy atom. The Hall–Kier alpha value is -4.13. The average molecular weight is 436 g/mol. The second-order valence-corrected chi connectivity index (χ2v) is 7.65. The number of amides is 2. The van der Waals surface area contributed by atoms with Crippen LogP contribution in [0.5, 0.6) is 0 Å². The molecule has 1 atom stereocenters. The van der Waals surface area contributed by atoms with Crippen LogP contribution in [-0.4, -0.2) is 45.4 Å². The molecule has 5 rings (SSSR count). The molecule has 2 aromatic carbocycles. The SMILES string of the molecule is N#Cc1cc(F)cc([C@@H]2CC=NN2C(=O)N2CC(=Cc3cc4n[nH]c(F)c4cc3F)C2)c1. The molecule has 3 aromatic rings. The van der Waals surface area contributed by atoms with Crippen molar-refractivity contribution in [1.29, 1.82) is 5.26 Å². The van der Waals surface area contributed by atoms with Crippen molar-refractivity contribution in [2.24, 2.45) is 5.10 Å². The number of aromatic amines is 1. The quantitative estimate of drug-likeness (QED) is 0.656. The molecule has 2 aliphatic rings. The van der Waals surface area contributed by atoms with Gasteiger partial charge in [0.1, 0.15) is 11.6 Å². The zero-order valence-corrected chi connectivity index (χ0v) is 16.5. The van der Waals surface area contributed by atoms with E-state index in [1.54, 1.807) is 18.4 Å². The molecule has 160 valence electrons. The standard InChI is InChI=1S/C22H15F3N6O/c23-16-5-12(9-26)3-15(6-16)20-1-2-27-31(20)22(32)30-10-13(11-30)4-14-7-19-17(8-18(14)24)21(25)29-28-19/h2-8,20H,1,10-11H2,(H,28,29)/t20-/m0/s1. The summed E-state index contributed by atoms with van der Waals surface area (Å²) in [5.74, 6) is -1.83. The number of hydrazone groups is 1. The Balaban J connectivity index is 1.31. The summed E-state index contributed by atoms with van der Waals surface area (Å²) in [6.07, 6.45) is 3.59. The van der Waals surface area contributed by atoms with Gasteiger partial charge in [-0.2, -0.15) is 19.9 Å². The number of nitrogens with zero attached hydrogens (tertiary/aromatic N) is 5. The minimum atomic E-state index is -0.695. The molecule has 0 radical (unpaired) electrons. The highest BCUT2D eigenvalue weighted by atomic mass is 19.1. The van der Waals surface area contributed by atoms with E-state index in [0.717, 1.165) is 17.7 Å². The molecule has 32 heavy (non-hydrogen) atoms. The lowest BCUT2D eigenvalue weighted by molar-refractivity contribution is 0.136. The third-order valence-electron chi connectivity index (χ3n) is 5.50. The van der Waals surface area contributed by atoms with Gasteiger partial charge in [0.2, 0.25) is 5.95 Å². The second kappa shape index (κ2) is 7.53. The summed E-state index contributed by atoms with van der Waals surface area (Å²) in [5.41, 5.74) is 2.04. The van der Waals surface area contributed by atoms with Crippen LogP contribution in [0, 0.1) is 28.9 Å². The van der Waals surface area contributed by atoms with Crippen molar-refractivity contribution in [2.75, 3.05) is 13.1 Å². The van der Waals surface area contributed by atoms with Crippen LogP contribution in [0.25, 0.3) is 17.0 Å². The molecule has 1 saturated heterocycles. The molecule has 3 heterocycles. The van der Waals surface area contributed by atoms with Crippen LogP contribution in [0.15, 0.2) is 41.0 Å². The first-order chi connectivity index (χ1) is 15.4. The molecule has 7 nitrogen and oxygen atoms in total. The Bertz CT molecular complexity index is 1350. The number of nitrogens with one attached hydrogen (secondary N) is 1. The Kier molecular flexibility index (Phi) is 4.66. The fourth-order valence-corrected chi connectivity index (χ4v) is 3.91. The van der Waals surface area contributed by atoms with Gasteiger partial charge in [0.05, 0.1) is 28.6 Å². The minimum Gasteiger partial charge on any atom is -0.315 e. The molecule has 0 unspecified atom stereocenters. The molecule has 0 saturated carbocycles. The molecule has 2 amide bonds. The van der Waals surface area contributed by atoms with Crippen LogP contribution in [0.4, 0.5) is 18.0 Å². The molecular formula is C22H15F3N6O. The summed E-state index contributed by atoms with van der Waals surface area (Å²) in [5, 5.41) is 20.5. The Morgan fingerprint density at radius 3 is 2.78 bits per heavy atom. The third-order valence-corrected chi connectivity index (χ3v) is 5.50. The number of likely N-dealkylation sites (tertiary alicyclic amines) is 1. The van der Waals surface area contributed by atoms with E-state index >= 15 is 0 Å². The fraction of sp³-hybridized carbons (Fsp3) is 0.182. The summed E-state index contributed by atoms with van der Waals surface area (Å²) in [7, 11) is 0. The van der Waals surface area contributed by atoms with Gasteiger partial charge in [-0.05, 0) is 47.5 Å². The van der Waals surface area contributed by atoms with Crippen molar-refractivity contribution in [3.05, 3.63) is 70.2 Å². The zero-order valence-electron chi connectivity index (χ0n) is 16.5. The molecule has 1 N–H and O–H groups in total. The smallest absolute Gasteiger partial charge is 0.315 e. The molecule has 2 aliphatic heterocycles. The van der Waals surface area contributed by atoms with E-state index in [0.29, 0.717) is 17.5 Å². The second-order valence-electron chi connectivity index (χ2n) is 7.65. The van der Waals surface area contributed by atoms with Gasteiger partial charge in [0, 0.05) is 31.3 Å². The summed E-state index contributed by atoms with van der Waals surface area (Å²) in [6, 6.07) is 7.52. The fourth-order valence-electron chi connectivity index (χ4n) is 3.91. The first-order valence-electron chi connectivity index (χ1n) is 9.76. The normalized spacial score (nSPS) is 17.6. The average Bonchev–Trinajstić information content (AvgIpc) is 3.37. The molecule has 10 heteroatoms. The maximum atomic E-state index is 14.3. The van der Waals surface area contributed by atoms with Crippen LogP contribution in [0.2, 0.25) is 0 Å². The predicted molar refractivity (Wildman–Crippen MR) is 110 cm³/mol. The van der Waals surface area contributed by atoms with E-state index in [4.69, 9.17) is 5.26 Å². The summed E-state index contributed by atoms with van der Waals surface area (Å²) >= 11 is 0. The number of carbonyl (C=O) groups is 1. The lowest BCUT2D eigenvalue weighted by Gasteiger charge is -2.37. The van der Waals surface area contributed by atoms with Gasteiger partial charge < -0.3 is 4.90 Å².